The maximum atomic E-state index is 12.3. The van der Waals surface area contributed by atoms with Gasteiger partial charge in [-0.15, -0.1) is 11.3 Å². The Morgan fingerprint density at radius 1 is 1.36 bits per heavy atom. The van der Waals surface area contributed by atoms with Crippen molar-refractivity contribution in [3.63, 3.8) is 0 Å². The number of hydrogen-bond acceptors (Lipinski definition) is 5. The molecule has 0 radical (unpaired) electrons. The van der Waals surface area contributed by atoms with Crippen LogP contribution in [0.4, 0.5) is 5.13 Å². The fourth-order valence-electron chi connectivity index (χ4n) is 2.83. The van der Waals surface area contributed by atoms with Gasteiger partial charge in [-0.2, -0.15) is 0 Å². The molecule has 0 spiro atoms. The zero-order valence-corrected chi connectivity index (χ0v) is 14.9. The molecule has 1 aromatic heterocycles. The van der Waals surface area contributed by atoms with Gasteiger partial charge in [0.05, 0.1) is 0 Å². The van der Waals surface area contributed by atoms with Crippen LogP contribution in [0, 0.1) is 12.8 Å². The van der Waals surface area contributed by atoms with Gasteiger partial charge in [-0.05, 0) is 37.5 Å². The minimum atomic E-state index is -0.0781. The van der Waals surface area contributed by atoms with Gasteiger partial charge in [-0.1, -0.05) is 12.1 Å². The second-order valence-corrected chi connectivity index (χ2v) is 6.98. The van der Waals surface area contributed by atoms with Gasteiger partial charge in [0.2, 0.25) is 5.91 Å². The molecule has 2 aromatic rings. The molecule has 1 aliphatic rings. The summed E-state index contributed by atoms with van der Waals surface area (Å²) in [7, 11) is 0. The molecule has 2 heterocycles. The molecule has 0 atom stereocenters. The molecule has 0 unspecified atom stereocenters. The van der Waals surface area contributed by atoms with Crippen molar-refractivity contribution >= 4 is 28.3 Å². The average Bonchev–Trinajstić information content (AvgIpc) is 3.13. The third-order valence-corrected chi connectivity index (χ3v) is 4.92. The molecule has 0 aliphatic carbocycles. The van der Waals surface area contributed by atoms with Gasteiger partial charge in [-0.25, -0.2) is 4.98 Å². The number of aromatic nitrogens is 1. The lowest BCUT2D eigenvalue weighted by Crippen LogP contribution is -2.43. The maximum Gasteiger partial charge on any atom is 0.260 e. The molecular weight excluding hydrogens is 338 g/mol. The average molecular weight is 359 g/mol. The number of thiazole rings is 1. The number of carbonyl (C=O) groups is 2. The number of likely N-dealkylation sites (tertiary alicyclic amines) is 1. The number of nitrogens with zero attached hydrogens (tertiary/aromatic N) is 2. The summed E-state index contributed by atoms with van der Waals surface area (Å²) in [6.45, 7) is 3.16. The number of piperidine rings is 1. The largest absolute Gasteiger partial charge is 0.484 e. The summed E-state index contributed by atoms with van der Waals surface area (Å²) in [6, 6.07) is 7.63. The van der Waals surface area contributed by atoms with E-state index < -0.39 is 0 Å². The van der Waals surface area contributed by atoms with Crippen molar-refractivity contribution < 1.29 is 14.3 Å². The highest BCUT2D eigenvalue weighted by Crippen LogP contribution is 2.21. The summed E-state index contributed by atoms with van der Waals surface area (Å²) in [5.74, 6) is 0.565. The molecular formula is C18H21N3O3S. The van der Waals surface area contributed by atoms with Gasteiger partial charge in [0.25, 0.3) is 5.91 Å². The minimum Gasteiger partial charge on any atom is -0.484 e. The normalized spacial score (nSPS) is 15.0. The van der Waals surface area contributed by atoms with E-state index in [-0.39, 0.29) is 24.3 Å². The molecule has 25 heavy (non-hydrogen) atoms. The van der Waals surface area contributed by atoms with Gasteiger partial charge in [0, 0.05) is 30.6 Å². The van der Waals surface area contributed by atoms with Crippen LogP contribution >= 0.6 is 11.3 Å². The Morgan fingerprint density at radius 3 is 2.84 bits per heavy atom. The molecule has 0 saturated carbocycles. The van der Waals surface area contributed by atoms with Crippen LogP contribution < -0.4 is 10.1 Å². The lowest BCUT2D eigenvalue weighted by atomic mass is 9.96. The first-order valence-corrected chi connectivity index (χ1v) is 9.17. The van der Waals surface area contributed by atoms with E-state index in [9.17, 15) is 9.59 Å². The highest BCUT2D eigenvalue weighted by atomic mass is 32.1. The number of nitrogens with one attached hydrogen (secondary N) is 1. The van der Waals surface area contributed by atoms with Crippen molar-refractivity contribution in [3.8, 4) is 5.75 Å². The topological polar surface area (TPSA) is 71.5 Å². The third kappa shape index (κ3) is 4.79. The van der Waals surface area contributed by atoms with Crippen molar-refractivity contribution in [1.82, 2.24) is 9.88 Å². The Labute approximate surface area is 150 Å². The smallest absolute Gasteiger partial charge is 0.260 e. The SMILES string of the molecule is Cc1cccc(OCC(=O)N2CCC(C(=O)Nc3nccs3)CC2)c1. The predicted octanol–water partition coefficient (Wildman–Crippen LogP) is 2.71. The molecule has 3 rings (SSSR count). The van der Waals surface area contributed by atoms with E-state index >= 15 is 0 Å². The molecule has 1 aromatic carbocycles. The Bertz CT molecular complexity index is 725. The molecule has 1 N–H and O–H groups in total. The van der Waals surface area contributed by atoms with Crippen LogP contribution in [-0.2, 0) is 9.59 Å². The van der Waals surface area contributed by atoms with Gasteiger partial charge in [0.15, 0.2) is 11.7 Å². The Hall–Kier alpha value is -2.41. The summed E-state index contributed by atoms with van der Waals surface area (Å²) in [5, 5.41) is 5.27. The predicted molar refractivity (Wildman–Crippen MR) is 96.7 cm³/mol. The number of hydrogen-bond donors (Lipinski definition) is 1. The van der Waals surface area contributed by atoms with Gasteiger partial charge in [-0.3, -0.25) is 9.59 Å². The van der Waals surface area contributed by atoms with E-state index in [1.54, 1.807) is 11.1 Å². The zero-order valence-electron chi connectivity index (χ0n) is 14.1. The Morgan fingerprint density at radius 2 is 2.16 bits per heavy atom. The van der Waals surface area contributed by atoms with E-state index in [1.807, 2.05) is 36.6 Å². The van der Waals surface area contributed by atoms with E-state index in [0.717, 1.165) is 5.56 Å². The van der Waals surface area contributed by atoms with Crippen LogP contribution in [0.15, 0.2) is 35.8 Å². The molecule has 0 bridgehead atoms. The van der Waals surface area contributed by atoms with Crippen molar-refractivity contribution in [1.29, 1.82) is 0 Å². The number of rotatable bonds is 5. The van der Waals surface area contributed by atoms with Crippen molar-refractivity contribution in [2.24, 2.45) is 5.92 Å². The number of ether oxygens (including phenoxy) is 1. The Kier molecular flexibility index (Phi) is 5.65. The van der Waals surface area contributed by atoms with Crippen LogP contribution in [0.1, 0.15) is 18.4 Å². The molecule has 2 amide bonds. The number of carbonyl (C=O) groups excluding carboxylic acids is 2. The van der Waals surface area contributed by atoms with E-state index in [0.29, 0.717) is 36.8 Å². The second-order valence-electron chi connectivity index (χ2n) is 6.09. The molecule has 1 saturated heterocycles. The molecule has 1 aliphatic heterocycles. The quantitative estimate of drug-likeness (QED) is 0.891. The van der Waals surface area contributed by atoms with Crippen LogP contribution in [0.3, 0.4) is 0 Å². The standard InChI is InChI=1S/C18H21N3O3S/c1-13-3-2-4-15(11-13)24-12-16(22)21-8-5-14(6-9-21)17(23)20-18-19-7-10-25-18/h2-4,7,10-11,14H,5-6,8-9,12H2,1H3,(H,19,20,23). The van der Waals surface area contributed by atoms with Crippen LogP contribution in [0.2, 0.25) is 0 Å². The number of amides is 2. The fourth-order valence-corrected chi connectivity index (χ4v) is 3.36. The molecule has 7 heteroatoms. The first kappa shape index (κ1) is 17.4. The third-order valence-electron chi connectivity index (χ3n) is 4.23. The lowest BCUT2D eigenvalue weighted by Gasteiger charge is -2.31. The Balaban J connectivity index is 1.43. The van der Waals surface area contributed by atoms with E-state index in [4.69, 9.17) is 4.74 Å². The van der Waals surface area contributed by atoms with Crippen LogP contribution in [0.25, 0.3) is 0 Å². The molecule has 1 fully saturated rings. The van der Waals surface area contributed by atoms with Crippen molar-refractivity contribution in [2.45, 2.75) is 19.8 Å². The molecule has 6 nitrogen and oxygen atoms in total. The monoisotopic (exact) mass is 359 g/mol. The zero-order chi connectivity index (χ0) is 17.6. The van der Waals surface area contributed by atoms with E-state index in [1.165, 1.54) is 11.3 Å². The van der Waals surface area contributed by atoms with Crippen molar-refractivity contribution in [2.75, 3.05) is 25.0 Å². The number of aryl methyl sites for hydroxylation is 1. The van der Waals surface area contributed by atoms with Crippen molar-refractivity contribution in [3.05, 3.63) is 41.4 Å². The van der Waals surface area contributed by atoms with Crippen LogP contribution in [0.5, 0.6) is 5.75 Å². The number of benzene rings is 1. The van der Waals surface area contributed by atoms with Gasteiger partial charge >= 0.3 is 0 Å². The first-order chi connectivity index (χ1) is 12.1. The summed E-state index contributed by atoms with van der Waals surface area (Å²) in [5.41, 5.74) is 1.09. The highest BCUT2D eigenvalue weighted by molar-refractivity contribution is 7.13. The summed E-state index contributed by atoms with van der Waals surface area (Å²) in [6.07, 6.45) is 2.98. The summed E-state index contributed by atoms with van der Waals surface area (Å²) in [4.78, 5) is 30.3. The summed E-state index contributed by atoms with van der Waals surface area (Å²) >= 11 is 1.40. The first-order valence-electron chi connectivity index (χ1n) is 8.29. The lowest BCUT2D eigenvalue weighted by molar-refractivity contribution is -0.136. The highest BCUT2D eigenvalue weighted by Gasteiger charge is 2.27. The van der Waals surface area contributed by atoms with Gasteiger partial charge in [0.1, 0.15) is 5.75 Å². The summed E-state index contributed by atoms with van der Waals surface area (Å²) < 4.78 is 5.57. The molecule has 132 valence electrons. The maximum absolute atomic E-state index is 12.3. The van der Waals surface area contributed by atoms with Crippen LogP contribution in [-0.4, -0.2) is 41.4 Å². The second kappa shape index (κ2) is 8.11. The fraction of sp³-hybridized carbons (Fsp3) is 0.389. The number of anilines is 1. The van der Waals surface area contributed by atoms with Gasteiger partial charge < -0.3 is 15.0 Å². The van der Waals surface area contributed by atoms with E-state index in [2.05, 4.69) is 10.3 Å². The minimum absolute atomic E-state index is 0.0157.